The molecular formula is C15H12ClN3S. The van der Waals surface area contributed by atoms with Crippen LogP contribution < -0.4 is 5.32 Å². The summed E-state index contributed by atoms with van der Waals surface area (Å²) in [5, 5.41) is 3.58. The molecule has 0 saturated carbocycles. The van der Waals surface area contributed by atoms with Gasteiger partial charge in [-0.15, -0.1) is 11.3 Å². The fraction of sp³-hybridized carbons (Fsp3) is 0.200. The largest absolute Gasteiger partial charge is 0.378 e. The summed E-state index contributed by atoms with van der Waals surface area (Å²) in [7, 11) is 0. The number of benzene rings is 1. The number of nitrogens with one attached hydrogen (secondary N) is 1. The van der Waals surface area contributed by atoms with Gasteiger partial charge >= 0.3 is 0 Å². The monoisotopic (exact) mass is 301 g/mol. The molecule has 1 unspecified atom stereocenters. The van der Waals surface area contributed by atoms with E-state index in [1.165, 1.54) is 10.4 Å². The van der Waals surface area contributed by atoms with Gasteiger partial charge < -0.3 is 5.32 Å². The summed E-state index contributed by atoms with van der Waals surface area (Å²) in [6, 6.07) is 8.55. The lowest BCUT2D eigenvalue weighted by atomic mass is 10.1. The Balaban J connectivity index is 1.65. The topological polar surface area (TPSA) is 37.8 Å². The van der Waals surface area contributed by atoms with Crippen LogP contribution in [0.15, 0.2) is 36.7 Å². The molecule has 100 valence electrons. The van der Waals surface area contributed by atoms with E-state index in [9.17, 15) is 0 Å². The number of rotatable bonds is 2. The van der Waals surface area contributed by atoms with Gasteiger partial charge in [-0.2, -0.15) is 0 Å². The van der Waals surface area contributed by atoms with Gasteiger partial charge in [-0.05, 0) is 42.7 Å². The van der Waals surface area contributed by atoms with Gasteiger partial charge in [-0.25, -0.2) is 0 Å². The van der Waals surface area contributed by atoms with Crippen molar-refractivity contribution in [2.24, 2.45) is 0 Å². The molecule has 0 spiro atoms. The second kappa shape index (κ2) is 4.72. The van der Waals surface area contributed by atoms with E-state index < -0.39 is 0 Å². The van der Waals surface area contributed by atoms with E-state index in [-0.39, 0.29) is 0 Å². The van der Waals surface area contributed by atoms with E-state index in [0.29, 0.717) is 6.04 Å². The SMILES string of the molecule is Clc1cc2c(s1)CCC2Nc1ccc2nccnc2c1. The van der Waals surface area contributed by atoms with Crippen LogP contribution in [-0.4, -0.2) is 9.97 Å². The molecule has 3 nitrogen and oxygen atoms in total. The normalized spacial score (nSPS) is 17.4. The van der Waals surface area contributed by atoms with Gasteiger partial charge in [0.05, 0.1) is 21.4 Å². The van der Waals surface area contributed by atoms with Gasteiger partial charge in [0.2, 0.25) is 0 Å². The molecular weight excluding hydrogens is 290 g/mol. The summed E-state index contributed by atoms with van der Waals surface area (Å²) in [5.74, 6) is 0. The van der Waals surface area contributed by atoms with E-state index in [2.05, 4.69) is 27.4 Å². The van der Waals surface area contributed by atoms with E-state index in [1.54, 1.807) is 23.7 Å². The van der Waals surface area contributed by atoms with Gasteiger partial charge in [0.1, 0.15) is 0 Å². The minimum Gasteiger partial charge on any atom is -0.378 e. The Hall–Kier alpha value is -1.65. The molecule has 5 heteroatoms. The van der Waals surface area contributed by atoms with Crippen molar-refractivity contribution in [2.45, 2.75) is 18.9 Å². The predicted octanol–water partition coefficient (Wildman–Crippen LogP) is 4.44. The van der Waals surface area contributed by atoms with Crippen molar-refractivity contribution in [3.05, 3.63) is 51.4 Å². The highest BCUT2D eigenvalue weighted by molar-refractivity contribution is 7.16. The maximum absolute atomic E-state index is 6.10. The first-order valence-corrected chi connectivity index (χ1v) is 7.74. The van der Waals surface area contributed by atoms with Gasteiger partial charge in [-0.1, -0.05) is 11.6 Å². The molecule has 1 aliphatic rings. The van der Waals surface area contributed by atoms with Crippen LogP contribution in [0.5, 0.6) is 0 Å². The second-order valence-corrected chi connectivity index (χ2v) is 6.69. The average Bonchev–Trinajstić information content (AvgIpc) is 2.99. The van der Waals surface area contributed by atoms with Crippen LogP contribution in [0, 0.1) is 0 Å². The Morgan fingerprint density at radius 1 is 1.15 bits per heavy atom. The average molecular weight is 302 g/mol. The summed E-state index contributed by atoms with van der Waals surface area (Å²) >= 11 is 7.79. The zero-order valence-electron chi connectivity index (χ0n) is 10.6. The van der Waals surface area contributed by atoms with Crippen LogP contribution in [0.1, 0.15) is 22.9 Å². The number of aromatic nitrogens is 2. The van der Waals surface area contributed by atoms with E-state index in [4.69, 9.17) is 11.6 Å². The summed E-state index contributed by atoms with van der Waals surface area (Å²) in [5.41, 5.74) is 4.26. The number of fused-ring (bicyclic) bond motifs is 2. The smallest absolute Gasteiger partial charge is 0.0934 e. The van der Waals surface area contributed by atoms with Crippen LogP contribution in [0.3, 0.4) is 0 Å². The first-order chi connectivity index (χ1) is 9.79. The van der Waals surface area contributed by atoms with Crippen molar-refractivity contribution in [3.63, 3.8) is 0 Å². The Morgan fingerprint density at radius 2 is 2.00 bits per heavy atom. The lowest BCUT2D eigenvalue weighted by molar-refractivity contribution is 0.762. The minimum absolute atomic E-state index is 0.350. The molecule has 2 aromatic heterocycles. The molecule has 0 fully saturated rings. The molecule has 1 aromatic carbocycles. The zero-order chi connectivity index (χ0) is 13.5. The van der Waals surface area contributed by atoms with Crippen LogP contribution in [0.4, 0.5) is 5.69 Å². The van der Waals surface area contributed by atoms with E-state index >= 15 is 0 Å². The summed E-state index contributed by atoms with van der Waals surface area (Å²) in [6.07, 6.45) is 5.67. The first-order valence-electron chi connectivity index (χ1n) is 6.55. The minimum atomic E-state index is 0.350. The number of thiophene rings is 1. The maximum atomic E-state index is 6.10. The predicted molar refractivity (Wildman–Crippen MR) is 83.6 cm³/mol. The molecule has 0 radical (unpaired) electrons. The van der Waals surface area contributed by atoms with Gasteiger partial charge in [0, 0.05) is 23.0 Å². The molecule has 0 aliphatic heterocycles. The van der Waals surface area contributed by atoms with Crippen LogP contribution >= 0.6 is 22.9 Å². The lowest BCUT2D eigenvalue weighted by Crippen LogP contribution is -2.06. The third kappa shape index (κ3) is 2.05. The van der Waals surface area contributed by atoms with Crippen molar-refractivity contribution in [2.75, 3.05) is 5.32 Å². The molecule has 4 rings (SSSR count). The quantitative estimate of drug-likeness (QED) is 0.760. The van der Waals surface area contributed by atoms with Crippen LogP contribution in [0.2, 0.25) is 4.34 Å². The molecule has 0 saturated heterocycles. The highest BCUT2D eigenvalue weighted by Crippen LogP contribution is 2.40. The van der Waals surface area contributed by atoms with Crippen LogP contribution in [0.25, 0.3) is 11.0 Å². The van der Waals surface area contributed by atoms with Gasteiger partial charge in [-0.3, -0.25) is 9.97 Å². The Kier molecular flexibility index (Phi) is 2.86. The number of halogens is 1. The summed E-state index contributed by atoms with van der Waals surface area (Å²) < 4.78 is 0.880. The summed E-state index contributed by atoms with van der Waals surface area (Å²) in [6.45, 7) is 0. The molecule has 1 N–H and O–H groups in total. The Labute approximate surface area is 125 Å². The van der Waals surface area contributed by atoms with Gasteiger partial charge in [0.15, 0.2) is 0 Å². The molecule has 2 heterocycles. The van der Waals surface area contributed by atoms with E-state index in [0.717, 1.165) is 33.9 Å². The maximum Gasteiger partial charge on any atom is 0.0934 e. The number of aryl methyl sites for hydroxylation is 1. The highest BCUT2D eigenvalue weighted by Gasteiger charge is 2.24. The fourth-order valence-electron chi connectivity index (χ4n) is 2.73. The van der Waals surface area contributed by atoms with Crippen molar-refractivity contribution in [1.82, 2.24) is 9.97 Å². The lowest BCUT2D eigenvalue weighted by Gasteiger charge is -2.14. The zero-order valence-corrected chi connectivity index (χ0v) is 12.2. The molecule has 20 heavy (non-hydrogen) atoms. The third-order valence-corrected chi connectivity index (χ3v) is 5.00. The molecule has 3 aromatic rings. The first kappa shape index (κ1) is 12.1. The Bertz CT molecular complexity index is 784. The van der Waals surface area contributed by atoms with Crippen LogP contribution in [-0.2, 0) is 6.42 Å². The fourth-order valence-corrected chi connectivity index (χ4v) is 4.09. The van der Waals surface area contributed by atoms with Crippen molar-refractivity contribution >= 4 is 39.7 Å². The molecule has 1 aliphatic carbocycles. The van der Waals surface area contributed by atoms with Gasteiger partial charge in [0.25, 0.3) is 0 Å². The molecule has 0 amide bonds. The highest BCUT2D eigenvalue weighted by atomic mass is 35.5. The van der Waals surface area contributed by atoms with Crippen molar-refractivity contribution in [3.8, 4) is 0 Å². The van der Waals surface area contributed by atoms with Crippen molar-refractivity contribution < 1.29 is 0 Å². The standard InChI is InChI=1S/C15H12ClN3S/c16-15-8-10-11(3-4-14(10)20-15)19-9-1-2-12-13(7-9)18-6-5-17-12/h1-2,5-8,11,19H,3-4H2. The third-order valence-electron chi connectivity index (χ3n) is 3.66. The van der Waals surface area contributed by atoms with E-state index in [1.807, 2.05) is 12.1 Å². The number of hydrogen-bond acceptors (Lipinski definition) is 4. The number of hydrogen-bond donors (Lipinski definition) is 1. The van der Waals surface area contributed by atoms with Crippen molar-refractivity contribution in [1.29, 1.82) is 0 Å². The number of anilines is 1. The number of nitrogens with zero attached hydrogens (tertiary/aromatic N) is 2. The summed E-state index contributed by atoms with van der Waals surface area (Å²) in [4.78, 5) is 10.0. The Morgan fingerprint density at radius 3 is 2.90 bits per heavy atom. The molecule has 1 atom stereocenters. The second-order valence-electron chi connectivity index (χ2n) is 4.92. The molecule has 0 bridgehead atoms.